The number of nitrogens with zero attached hydrogens (tertiary/aromatic N) is 3. The van der Waals surface area contributed by atoms with Crippen LogP contribution in [0.1, 0.15) is 16.2 Å². The lowest BCUT2D eigenvalue weighted by Crippen LogP contribution is -2.27. The molecule has 0 aliphatic carbocycles. The summed E-state index contributed by atoms with van der Waals surface area (Å²) in [5, 5.41) is 5.94. The van der Waals surface area contributed by atoms with Crippen molar-refractivity contribution in [3.63, 3.8) is 0 Å². The number of nitrogens with one attached hydrogen (secondary N) is 1. The number of carbonyl (C=O) groups is 1. The summed E-state index contributed by atoms with van der Waals surface area (Å²) >= 11 is 0. The quantitative estimate of drug-likeness (QED) is 0.801. The van der Waals surface area contributed by atoms with E-state index in [1.54, 1.807) is 0 Å². The van der Waals surface area contributed by atoms with Crippen molar-refractivity contribution in [2.75, 3.05) is 12.3 Å². The monoisotopic (exact) mass is 251 g/mol. The van der Waals surface area contributed by atoms with Gasteiger partial charge in [-0.3, -0.25) is 4.79 Å². The molecule has 0 fully saturated rings. The standard InChI is InChI=1S/C10H10FN5O2/c11-8-6(1-3-13-9(8)12)10(17)14-4-2-7-15-5-16-18-7/h1,3,5H,2,4H2,(H2,12,13)(H,14,17). The highest BCUT2D eigenvalue weighted by Crippen LogP contribution is 2.11. The van der Waals surface area contributed by atoms with E-state index in [1.807, 2.05) is 0 Å². The fourth-order valence-corrected chi connectivity index (χ4v) is 1.32. The van der Waals surface area contributed by atoms with Crippen molar-refractivity contribution < 1.29 is 13.7 Å². The van der Waals surface area contributed by atoms with Gasteiger partial charge in [0.2, 0.25) is 5.89 Å². The zero-order valence-corrected chi connectivity index (χ0v) is 9.26. The number of hydrogen-bond acceptors (Lipinski definition) is 6. The number of rotatable bonds is 4. The van der Waals surface area contributed by atoms with Crippen LogP contribution in [-0.4, -0.2) is 27.6 Å². The second-order valence-electron chi connectivity index (χ2n) is 3.40. The molecule has 1 amide bonds. The summed E-state index contributed by atoms with van der Waals surface area (Å²) in [5.74, 6) is -1.31. The first kappa shape index (κ1) is 12.0. The highest BCUT2D eigenvalue weighted by atomic mass is 19.1. The number of anilines is 1. The van der Waals surface area contributed by atoms with Crippen molar-refractivity contribution in [2.24, 2.45) is 0 Å². The Kier molecular flexibility index (Phi) is 3.46. The van der Waals surface area contributed by atoms with E-state index in [0.717, 1.165) is 0 Å². The minimum Gasteiger partial charge on any atom is -0.381 e. The molecule has 2 heterocycles. The third-order valence-electron chi connectivity index (χ3n) is 2.19. The maximum absolute atomic E-state index is 13.5. The lowest BCUT2D eigenvalue weighted by molar-refractivity contribution is 0.0949. The Bertz CT molecular complexity index is 543. The van der Waals surface area contributed by atoms with Crippen molar-refractivity contribution >= 4 is 11.7 Å². The number of nitrogens with two attached hydrogens (primary N) is 1. The predicted molar refractivity (Wildman–Crippen MR) is 58.9 cm³/mol. The molecule has 7 nitrogen and oxygen atoms in total. The molecule has 0 saturated heterocycles. The van der Waals surface area contributed by atoms with Gasteiger partial charge in [-0.1, -0.05) is 5.16 Å². The summed E-state index contributed by atoms with van der Waals surface area (Å²) in [6.45, 7) is 0.253. The van der Waals surface area contributed by atoms with E-state index >= 15 is 0 Å². The van der Waals surface area contributed by atoms with Gasteiger partial charge in [-0.2, -0.15) is 4.98 Å². The average molecular weight is 251 g/mol. The maximum Gasteiger partial charge on any atom is 0.254 e. The molecule has 0 saturated carbocycles. The first-order valence-corrected chi connectivity index (χ1v) is 5.12. The molecule has 0 unspecified atom stereocenters. The number of nitrogen functional groups attached to an aromatic ring is 1. The number of hydrogen-bond donors (Lipinski definition) is 2. The molecular weight excluding hydrogens is 241 g/mol. The number of carbonyl (C=O) groups excluding carboxylic acids is 1. The van der Waals surface area contributed by atoms with Crippen LogP contribution in [-0.2, 0) is 6.42 Å². The zero-order chi connectivity index (χ0) is 13.0. The van der Waals surface area contributed by atoms with Gasteiger partial charge in [0.1, 0.15) is 0 Å². The smallest absolute Gasteiger partial charge is 0.254 e. The van der Waals surface area contributed by atoms with Crippen LogP contribution < -0.4 is 11.1 Å². The summed E-state index contributed by atoms with van der Waals surface area (Å²) in [6, 6.07) is 1.26. The normalized spacial score (nSPS) is 10.3. The highest BCUT2D eigenvalue weighted by Gasteiger charge is 2.14. The van der Waals surface area contributed by atoms with Crippen molar-refractivity contribution in [1.82, 2.24) is 20.4 Å². The summed E-state index contributed by atoms with van der Waals surface area (Å²) < 4.78 is 18.2. The molecule has 0 spiro atoms. The van der Waals surface area contributed by atoms with Gasteiger partial charge >= 0.3 is 0 Å². The molecular formula is C10H10FN5O2. The molecule has 0 aliphatic rings. The van der Waals surface area contributed by atoms with Gasteiger partial charge < -0.3 is 15.6 Å². The van der Waals surface area contributed by atoms with Gasteiger partial charge in [0.05, 0.1) is 5.56 Å². The predicted octanol–water partition coefficient (Wildman–Crippen LogP) is 0.158. The Hall–Kier alpha value is -2.51. The largest absolute Gasteiger partial charge is 0.381 e. The van der Waals surface area contributed by atoms with Crippen molar-refractivity contribution in [3.8, 4) is 0 Å². The van der Waals surface area contributed by atoms with Gasteiger partial charge in [0.25, 0.3) is 5.91 Å². The first-order chi connectivity index (χ1) is 8.68. The number of amides is 1. The zero-order valence-electron chi connectivity index (χ0n) is 9.26. The van der Waals surface area contributed by atoms with Gasteiger partial charge in [-0.15, -0.1) is 0 Å². The first-order valence-electron chi connectivity index (χ1n) is 5.12. The summed E-state index contributed by atoms with van der Waals surface area (Å²) in [4.78, 5) is 19.0. The fraction of sp³-hybridized carbons (Fsp3) is 0.200. The van der Waals surface area contributed by atoms with E-state index in [0.29, 0.717) is 12.3 Å². The Morgan fingerprint density at radius 1 is 1.50 bits per heavy atom. The Morgan fingerprint density at radius 3 is 3.06 bits per heavy atom. The summed E-state index contributed by atoms with van der Waals surface area (Å²) in [6.07, 6.45) is 2.90. The highest BCUT2D eigenvalue weighted by molar-refractivity contribution is 5.95. The third kappa shape index (κ3) is 2.59. The minimum atomic E-state index is -0.826. The SMILES string of the molecule is Nc1nccc(C(=O)NCCc2ncno2)c1F. The van der Waals surface area contributed by atoms with Gasteiger partial charge in [-0.05, 0) is 6.07 Å². The molecule has 8 heteroatoms. The van der Waals surface area contributed by atoms with E-state index in [1.165, 1.54) is 18.6 Å². The third-order valence-corrected chi connectivity index (χ3v) is 2.19. The van der Waals surface area contributed by atoms with Crippen LogP contribution in [0.5, 0.6) is 0 Å². The van der Waals surface area contributed by atoms with Crippen LogP contribution in [0.4, 0.5) is 10.2 Å². The second-order valence-corrected chi connectivity index (χ2v) is 3.40. The molecule has 3 N–H and O–H groups in total. The van der Waals surface area contributed by atoms with Crippen molar-refractivity contribution in [2.45, 2.75) is 6.42 Å². The van der Waals surface area contributed by atoms with Crippen molar-refractivity contribution in [3.05, 3.63) is 35.9 Å². The summed E-state index contributed by atoms with van der Waals surface area (Å²) in [7, 11) is 0. The molecule has 0 aliphatic heterocycles. The molecule has 2 aromatic rings. The molecule has 0 aromatic carbocycles. The lowest BCUT2D eigenvalue weighted by Gasteiger charge is -2.05. The van der Waals surface area contributed by atoms with Crippen LogP contribution in [0, 0.1) is 5.82 Å². The topological polar surface area (TPSA) is 107 Å². The fourth-order valence-electron chi connectivity index (χ4n) is 1.32. The Balaban J connectivity index is 1.93. The lowest BCUT2D eigenvalue weighted by atomic mass is 10.2. The van der Waals surface area contributed by atoms with Gasteiger partial charge in [0, 0.05) is 19.2 Å². The number of pyridine rings is 1. The van der Waals surface area contributed by atoms with Crippen LogP contribution in [0.3, 0.4) is 0 Å². The molecule has 94 valence electrons. The van der Waals surface area contributed by atoms with Crippen LogP contribution in [0.2, 0.25) is 0 Å². The van der Waals surface area contributed by atoms with E-state index in [9.17, 15) is 9.18 Å². The van der Waals surface area contributed by atoms with E-state index in [4.69, 9.17) is 10.3 Å². The van der Waals surface area contributed by atoms with Crippen LogP contribution in [0.25, 0.3) is 0 Å². The van der Waals surface area contributed by atoms with Crippen LogP contribution >= 0.6 is 0 Å². The van der Waals surface area contributed by atoms with E-state index in [-0.39, 0.29) is 17.9 Å². The molecule has 2 aromatic heterocycles. The summed E-state index contributed by atoms with van der Waals surface area (Å²) in [5.41, 5.74) is 5.12. The number of aromatic nitrogens is 3. The average Bonchev–Trinajstić information content (AvgIpc) is 2.85. The second kappa shape index (κ2) is 5.21. The van der Waals surface area contributed by atoms with Crippen molar-refractivity contribution in [1.29, 1.82) is 0 Å². The van der Waals surface area contributed by atoms with Gasteiger partial charge in [0.15, 0.2) is 18.0 Å². The Labute approximate surface area is 101 Å². The van der Waals surface area contributed by atoms with E-state index < -0.39 is 11.7 Å². The number of halogens is 1. The van der Waals surface area contributed by atoms with E-state index in [2.05, 4.69) is 20.4 Å². The minimum absolute atomic E-state index is 0.145. The van der Waals surface area contributed by atoms with Crippen LogP contribution in [0.15, 0.2) is 23.1 Å². The molecule has 0 radical (unpaired) electrons. The van der Waals surface area contributed by atoms with Gasteiger partial charge in [-0.25, -0.2) is 9.37 Å². The Morgan fingerprint density at radius 2 is 2.33 bits per heavy atom. The molecule has 0 bridgehead atoms. The molecule has 18 heavy (non-hydrogen) atoms. The maximum atomic E-state index is 13.5. The molecule has 0 atom stereocenters. The molecule has 2 rings (SSSR count).